The SMILES string of the molecule is Cc1ccc(NC(=O)CN(C)Cc2ccc3nonc3c2)cc1F. The van der Waals surface area contributed by atoms with Crippen molar-refractivity contribution in [3.05, 3.63) is 53.3 Å². The Morgan fingerprint density at radius 2 is 2.00 bits per heavy atom. The van der Waals surface area contributed by atoms with Crippen molar-refractivity contribution in [3.63, 3.8) is 0 Å². The Balaban J connectivity index is 1.58. The molecule has 0 saturated carbocycles. The second-order valence-electron chi connectivity index (χ2n) is 5.77. The van der Waals surface area contributed by atoms with Gasteiger partial charge in [-0.05, 0) is 59.7 Å². The molecule has 1 aromatic heterocycles. The van der Waals surface area contributed by atoms with E-state index in [0.29, 0.717) is 28.8 Å². The fourth-order valence-electron chi connectivity index (χ4n) is 2.41. The third-order valence-electron chi connectivity index (χ3n) is 3.64. The molecular weight excluding hydrogens is 311 g/mol. The number of nitrogens with one attached hydrogen (secondary N) is 1. The summed E-state index contributed by atoms with van der Waals surface area (Å²) in [6.45, 7) is 2.43. The van der Waals surface area contributed by atoms with Crippen LogP contribution in [0.3, 0.4) is 0 Å². The molecule has 0 radical (unpaired) electrons. The third kappa shape index (κ3) is 3.75. The number of hydrogen-bond acceptors (Lipinski definition) is 5. The van der Waals surface area contributed by atoms with Gasteiger partial charge in [0.25, 0.3) is 0 Å². The minimum atomic E-state index is -0.337. The Morgan fingerprint density at radius 1 is 1.21 bits per heavy atom. The maximum atomic E-state index is 13.5. The van der Waals surface area contributed by atoms with Gasteiger partial charge in [0.1, 0.15) is 16.9 Å². The normalized spacial score (nSPS) is 11.2. The molecule has 0 spiro atoms. The largest absolute Gasteiger partial charge is 0.325 e. The maximum Gasteiger partial charge on any atom is 0.238 e. The first-order chi connectivity index (χ1) is 11.5. The lowest BCUT2D eigenvalue weighted by Crippen LogP contribution is -2.29. The summed E-state index contributed by atoms with van der Waals surface area (Å²) in [4.78, 5) is 13.9. The average molecular weight is 328 g/mol. The van der Waals surface area contributed by atoms with Gasteiger partial charge < -0.3 is 5.32 Å². The van der Waals surface area contributed by atoms with Crippen LogP contribution in [0, 0.1) is 12.7 Å². The van der Waals surface area contributed by atoms with Crippen molar-refractivity contribution < 1.29 is 13.8 Å². The molecule has 6 nitrogen and oxygen atoms in total. The summed E-state index contributed by atoms with van der Waals surface area (Å²) in [5, 5.41) is 10.2. The van der Waals surface area contributed by atoms with E-state index in [-0.39, 0.29) is 18.3 Å². The van der Waals surface area contributed by atoms with Crippen LogP contribution < -0.4 is 5.32 Å². The van der Waals surface area contributed by atoms with Gasteiger partial charge in [0.05, 0.1) is 6.54 Å². The lowest BCUT2D eigenvalue weighted by Gasteiger charge is -2.16. The molecule has 0 bridgehead atoms. The Kier molecular flexibility index (Phi) is 4.52. The molecular formula is C17H17FN4O2. The number of benzene rings is 2. The van der Waals surface area contributed by atoms with Crippen LogP contribution in [0.1, 0.15) is 11.1 Å². The summed E-state index contributed by atoms with van der Waals surface area (Å²) in [5.41, 5.74) is 3.37. The summed E-state index contributed by atoms with van der Waals surface area (Å²) in [6.07, 6.45) is 0. The number of rotatable bonds is 5. The summed E-state index contributed by atoms with van der Waals surface area (Å²) >= 11 is 0. The second kappa shape index (κ2) is 6.76. The van der Waals surface area contributed by atoms with E-state index in [1.54, 1.807) is 19.1 Å². The predicted molar refractivity (Wildman–Crippen MR) is 87.9 cm³/mol. The van der Waals surface area contributed by atoms with Crippen molar-refractivity contribution in [2.24, 2.45) is 0 Å². The van der Waals surface area contributed by atoms with Crippen LogP contribution in [-0.4, -0.2) is 34.7 Å². The lowest BCUT2D eigenvalue weighted by molar-refractivity contribution is -0.117. The number of nitrogens with zero attached hydrogens (tertiary/aromatic N) is 3. The molecule has 0 atom stereocenters. The van der Waals surface area contributed by atoms with Crippen LogP contribution >= 0.6 is 0 Å². The fourth-order valence-corrected chi connectivity index (χ4v) is 2.41. The van der Waals surface area contributed by atoms with Gasteiger partial charge in [-0.2, -0.15) is 0 Å². The van der Waals surface area contributed by atoms with Gasteiger partial charge in [0.15, 0.2) is 0 Å². The fraction of sp³-hybridized carbons (Fsp3) is 0.235. The smallest absolute Gasteiger partial charge is 0.238 e. The molecule has 24 heavy (non-hydrogen) atoms. The van der Waals surface area contributed by atoms with Gasteiger partial charge in [0, 0.05) is 12.2 Å². The molecule has 3 rings (SSSR count). The maximum absolute atomic E-state index is 13.5. The van der Waals surface area contributed by atoms with E-state index in [0.717, 1.165) is 5.56 Å². The quantitative estimate of drug-likeness (QED) is 0.780. The molecule has 0 aliphatic rings. The number of amides is 1. The molecule has 2 aromatic carbocycles. The van der Waals surface area contributed by atoms with Crippen molar-refractivity contribution in [1.29, 1.82) is 0 Å². The van der Waals surface area contributed by atoms with Gasteiger partial charge >= 0.3 is 0 Å². The van der Waals surface area contributed by atoms with Crippen LogP contribution in [-0.2, 0) is 11.3 Å². The highest BCUT2D eigenvalue weighted by molar-refractivity contribution is 5.92. The van der Waals surface area contributed by atoms with Crippen molar-refractivity contribution >= 4 is 22.6 Å². The molecule has 1 heterocycles. The number of aryl methyl sites for hydroxylation is 1. The van der Waals surface area contributed by atoms with Crippen molar-refractivity contribution in [1.82, 2.24) is 15.2 Å². The minimum Gasteiger partial charge on any atom is -0.325 e. The van der Waals surface area contributed by atoms with Gasteiger partial charge in [-0.1, -0.05) is 12.1 Å². The summed E-state index contributed by atoms with van der Waals surface area (Å²) < 4.78 is 18.2. The van der Waals surface area contributed by atoms with E-state index in [9.17, 15) is 9.18 Å². The molecule has 0 saturated heterocycles. The van der Waals surface area contributed by atoms with Gasteiger partial charge in [0.2, 0.25) is 5.91 Å². The van der Waals surface area contributed by atoms with Crippen molar-refractivity contribution in [3.8, 4) is 0 Å². The second-order valence-corrected chi connectivity index (χ2v) is 5.77. The third-order valence-corrected chi connectivity index (χ3v) is 3.64. The first-order valence-corrected chi connectivity index (χ1v) is 7.47. The number of anilines is 1. The van der Waals surface area contributed by atoms with Crippen LogP contribution in [0.5, 0.6) is 0 Å². The van der Waals surface area contributed by atoms with Crippen molar-refractivity contribution in [2.45, 2.75) is 13.5 Å². The highest BCUT2D eigenvalue weighted by Gasteiger charge is 2.10. The molecule has 0 unspecified atom stereocenters. The number of carbonyl (C=O) groups is 1. The summed E-state index contributed by atoms with van der Waals surface area (Å²) in [7, 11) is 1.83. The molecule has 124 valence electrons. The van der Waals surface area contributed by atoms with Crippen LogP contribution in [0.25, 0.3) is 11.0 Å². The number of likely N-dealkylation sites (N-methyl/N-ethyl adjacent to an activating group) is 1. The monoisotopic (exact) mass is 328 g/mol. The molecule has 0 aliphatic carbocycles. The predicted octanol–water partition coefficient (Wildman–Crippen LogP) is 2.74. The van der Waals surface area contributed by atoms with Crippen molar-refractivity contribution in [2.75, 3.05) is 18.9 Å². The molecule has 1 N–H and O–H groups in total. The number of halogens is 1. The van der Waals surface area contributed by atoms with E-state index < -0.39 is 0 Å². The Hall–Kier alpha value is -2.80. The highest BCUT2D eigenvalue weighted by Crippen LogP contribution is 2.15. The van der Waals surface area contributed by atoms with E-state index in [1.807, 2.05) is 30.1 Å². The molecule has 3 aromatic rings. The first-order valence-electron chi connectivity index (χ1n) is 7.47. The number of hydrogen-bond donors (Lipinski definition) is 1. The summed E-state index contributed by atoms with van der Waals surface area (Å²) in [6, 6.07) is 10.2. The number of fused-ring (bicyclic) bond motifs is 1. The van der Waals surface area contributed by atoms with Gasteiger partial charge in [-0.3, -0.25) is 9.69 Å². The minimum absolute atomic E-state index is 0.185. The van der Waals surface area contributed by atoms with Crippen LogP contribution in [0.4, 0.5) is 10.1 Å². The van der Waals surface area contributed by atoms with E-state index in [4.69, 9.17) is 0 Å². The molecule has 1 amide bonds. The highest BCUT2D eigenvalue weighted by atomic mass is 19.1. The molecule has 0 fully saturated rings. The zero-order chi connectivity index (χ0) is 17.1. The molecule has 7 heteroatoms. The molecule has 0 aliphatic heterocycles. The van der Waals surface area contributed by atoms with Gasteiger partial charge in [-0.15, -0.1) is 0 Å². The van der Waals surface area contributed by atoms with E-state index in [1.165, 1.54) is 6.07 Å². The van der Waals surface area contributed by atoms with Crippen LogP contribution in [0.15, 0.2) is 41.0 Å². The summed E-state index contributed by atoms with van der Waals surface area (Å²) in [5.74, 6) is -0.541. The zero-order valence-electron chi connectivity index (χ0n) is 13.4. The van der Waals surface area contributed by atoms with E-state index >= 15 is 0 Å². The van der Waals surface area contributed by atoms with Gasteiger partial charge in [-0.25, -0.2) is 9.02 Å². The Labute approximate surface area is 138 Å². The van der Waals surface area contributed by atoms with Crippen LogP contribution in [0.2, 0.25) is 0 Å². The van der Waals surface area contributed by atoms with E-state index in [2.05, 4.69) is 20.3 Å². The Bertz CT molecular complexity index is 878. The lowest BCUT2D eigenvalue weighted by atomic mass is 10.2. The topological polar surface area (TPSA) is 71.3 Å². The zero-order valence-corrected chi connectivity index (χ0v) is 13.4. The average Bonchev–Trinajstić information content (AvgIpc) is 2.98. The standard InChI is InChI=1S/C17H17FN4O2/c1-11-3-5-13(8-14(11)18)19-17(23)10-22(2)9-12-4-6-15-16(7-12)21-24-20-15/h3-8H,9-10H2,1-2H3,(H,19,23). The number of aromatic nitrogens is 2. The number of carbonyl (C=O) groups excluding carboxylic acids is 1. The first kappa shape index (κ1) is 16.1. The Morgan fingerprint density at radius 3 is 2.79 bits per heavy atom.